The predicted molar refractivity (Wildman–Crippen MR) is 302 cm³/mol. The Morgan fingerprint density at radius 2 is 0.918 bits per heavy atom. The van der Waals surface area contributed by atoms with Crippen LogP contribution in [0.25, 0.3) is 11.2 Å². The summed E-state index contributed by atoms with van der Waals surface area (Å²) in [6, 6.07) is 50.3. The number of fused-ring (bicyclic) bond motifs is 4. The van der Waals surface area contributed by atoms with Crippen molar-refractivity contribution in [2.24, 2.45) is 0 Å². The molecule has 5 aliphatic heterocycles. The lowest BCUT2D eigenvalue weighted by molar-refractivity contribution is -0.344. The van der Waals surface area contributed by atoms with Crippen LogP contribution < -0.4 is 20.4 Å². The van der Waals surface area contributed by atoms with Crippen molar-refractivity contribution < 1.29 is 79.1 Å². The fourth-order valence-electron chi connectivity index (χ4n) is 10.8. The first-order valence-electron chi connectivity index (χ1n) is 27.7. The van der Waals surface area contributed by atoms with E-state index in [-0.39, 0.29) is 82.9 Å². The number of hydrogen-bond donors (Lipinski definition) is 1. The molecule has 6 aromatic carbocycles. The van der Waals surface area contributed by atoms with Gasteiger partial charge in [0.1, 0.15) is 69.8 Å². The fourth-order valence-corrected chi connectivity index (χ4v) is 14.7. The molecular weight excluding hydrogens is 1160 g/mol. The molecule has 0 bridgehead atoms. The van der Waals surface area contributed by atoms with E-state index in [1.807, 2.05) is 164 Å². The lowest BCUT2D eigenvalue weighted by atomic mass is 9.98. The summed E-state index contributed by atoms with van der Waals surface area (Å²) >= 11 is 0. The predicted octanol–water partition coefficient (Wildman–Crippen LogP) is 7.97. The lowest BCUT2D eigenvalue weighted by Gasteiger charge is -2.46. The van der Waals surface area contributed by atoms with Gasteiger partial charge in [0.25, 0.3) is 0 Å². The van der Waals surface area contributed by atoms with Crippen molar-refractivity contribution in [3.05, 3.63) is 227 Å². The van der Waals surface area contributed by atoms with Crippen LogP contribution >= 0.6 is 24.5 Å². The maximum Gasteiger partial charge on any atom is 0.380 e. The number of nitrogens with zero attached hydrogens (tertiary/aromatic N) is 4. The zero-order valence-electron chi connectivity index (χ0n) is 45.7. The van der Waals surface area contributed by atoms with Crippen LogP contribution in [0.2, 0.25) is 0 Å². The quantitative estimate of drug-likeness (QED) is 0.0798. The van der Waals surface area contributed by atoms with Crippen molar-refractivity contribution >= 4 is 41.5 Å². The molecule has 2 fully saturated rings. The minimum Gasteiger partial charge on any atom is -0.606 e. The van der Waals surface area contributed by atoms with Crippen LogP contribution in [0.1, 0.15) is 56.3 Å². The SMILES string of the molecule is Nc1ncnc2c1ncn2[C@@H]1O[C@H](Cc2ccccc2)[C@@H](O[C@H]2O[C@H](COCc3ccccc3)[C@@H](O[P+]3([O-])OCc4ccccc4CO3)[C@H](O[P+]3([O-])OCc4ccccc4CO3)[C@H]2OCc2ccccc2)[C@H]1O[P+]1([O-])OCc2ccccc2CO1. The molecule has 5 aliphatic rings. The number of phosphoric acid groups is 3. The highest BCUT2D eigenvalue weighted by atomic mass is 31.2. The van der Waals surface area contributed by atoms with Crippen LogP contribution in [0.3, 0.4) is 0 Å². The molecule has 2 aromatic heterocycles. The summed E-state index contributed by atoms with van der Waals surface area (Å²) in [5, 5.41) is 0. The Balaban J connectivity index is 0.935. The molecular formula is C60H60N5O17P3. The second-order valence-electron chi connectivity index (χ2n) is 20.7. The van der Waals surface area contributed by atoms with Crippen LogP contribution in [0, 0.1) is 0 Å². The number of rotatable bonds is 18. The summed E-state index contributed by atoms with van der Waals surface area (Å²) in [5.74, 6) is 0.0992. The highest BCUT2D eigenvalue weighted by Gasteiger charge is 2.62. The van der Waals surface area contributed by atoms with E-state index < -0.39 is 79.8 Å². The second-order valence-corrected chi connectivity index (χ2v) is 25.6. The Morgan fingerprint density at radius 3 is 1.42 bits per heavy atom. The minimum atomic E-state index is -4.71. The van der Waals surface area contributed by atoms with Crippen molar-refractivity contribution in [3.63, 3.8) is 0 Å². The Hall–Kier alpha value is -5.72. The molecule has 25 heteroatoms. The number of imidazole rings is 1. The van der Waals surface area contributed by atoms with Crippen LogP contribution in [-0.4, -0.2) is 75.1 Å². The molecule has 2 saturated heterocycles. The maximum absolute atomic E-state index is 15.5. The third-order valence-electron chi connectivity index (χ3n) is 15.2. The first-order chi connectivity index (χ1) is 41.5. The largest absolute Gasteiger partial charge is 0.606 e. The van der Waals surface area contributed by atoms with Crippen molar-refractivity contribution in [3.8, 4) is 0 Å². The van der Waals surface area contributed by atoms with Gasteiger partial charge in [-0.2, -0.15) is 40.7 Å². The number of nitrogen functional groups attached to an aromatic ring is 1. The van der Waals surface area contributed by atoms with Crippen molar-refractivity contribution in [2.45, 2.75) is 115 Å². The van der Waals surface area contributed by atoms with Gasteiger partial charge in [-0.15, -0.1) is 0 Å². The van der Waals surface area contributed by atoms with E-state index in [0.29, 0.717) is 16.7 Å². The molecule has 13 rings (SSSR count). The van der Waals surface area contributed by atoms with Crippen LogP contribution in [0.5, 0.6) is 0 Å². The van der Waals surface area contributed by atoms with Gasteiger partial charge in [-0.25, -0.2) is 15.0 Å². The topological polar surface area (TPSA) is 268 Å². The smallest absolute Gasteiger partial charge is 0.380 e. The highest BCUT2D eigenvalue weighted by Crippen LogP contribution is 2.64. The first-order valence-corrected chi connectivity index (χ1v) is 32.0. The van der Waals surface area contributed by atoms with Gasteiger partial charge < -0.3 is 44.1 Å². The Kier molecular flexibility index (Phi) is 17.8. The summed E-state index contributed by atoms with van der Waals surface area (Å²) in [7, 11) is -13.9. The molecule has 7 heterocycles. The number of ether oxygens (including phenoxy) is 5. The van der Waals surface area contributed by atoms with Gasteiger partial charge in [0.05, 0.1) is 32.3 Å². The zero-order chi connectivity index (χ0) is 57.8. The molecule has 0 saturated carbocycles. The normalized spacial score (nSPS) is 26.1. The molecule has 0 amide bonds. The van der Waals surface area contributed by atoms with Gasteiger partial charge in [0.2, 0.25) is 0 Å². The molecule has 0 radical (unpaired) electrons. The maximum atomic E-state index is 15.5. The van der Waals surface area contributed by atoms with Gasteiger partial charge in [-0.1, -0.05) is 164 Å². The fraction of sp³-hybridized carbons (Fsp3) is 0.317. The van der Waals surface area contributed by atoms with E-state index in [4.69, 9.17) is 70.1 Å². The van der Waals surface area contributed by atoms with Crippen molar-refractivity contribution in [1.82, 2.24) is 19.5 Å². The Bertz CT molecular complexity index is 3450. The van der Waals surface area contributed by atoms with Crippen molar-refractivity contribution in [2.75, 3.05) is 12.3 Å². The van der Waals surface area contributed by atoms with Crippen LogP contribution in [0.4, 0.5) is 5.82 Å². The lowest BCUT2D eigenvalue weighted by Crippen LogP contribution is -2.63. The Morgan fingerprint density at radius 1 is 0.471 bits per heavy atom. The standard InChI is InChI=1S/C60H60N5O17P3/c61-57-51-58(63-38-62-57)65(39-64-51)59-55(82-85(68)75-35-47-26-14-15-27-48(47)36-76-85)52(49(77-59)28-40-16-4-1-5-17-40)79-60-56(70-30-42-20-8-3-9-21-42)54(81-84(67)73-33-45-24-12-13-25-46(45)34-74-84)53(50(78-60)37-69-29-41-18-6-2-7-19-41)80-83(66)71-31-43-22-10-11-23-44(43)32-72-83/h1-27,38-39,49-50,52-56,59-60H,28-37H2,(H2,61,62,63)/t49-,50-,52-,53-,54+,55-,56-,59-,60-/m1/s1. The second kappa shape index (κ2) is 25.9. The average Bonchev–Trinajstić information content (AvgIpc) is 3.40. The molecule has 2 N–H and O–H groups in total. The van der Waals surface area contributed by atoms with Gasteiger partial charge in [0.15, 0.2) is 42.3 Å². The average molecular weight is 1220 g/mol. The summed E-state index contributed by atoms with van der Waals surface area (Å²) in [6.45, 7) is -1.19. The van der Waals surface area contributed by atoms with Gasteiger partial charge >= 0.3 is 24.5 Å². The zero-order valence-corrected chi connectivity index (χ0v) is 48.3. The van der Waals surface area contributed by atoms with E-state index in [1.165, 1.54) is 12.7 Å². The van der Waals surface area contributed by atoms with Gasteiger partial charge in [-0.05, 0) is 50.1 Å². The monoisotopic (exact) mass is 1220 g/mol. The van der Waals surface area contributed by atoms with Gasteiger partial charge in [0, 0.05) is 6.42 Å². The summed E-state index contributed by atoms with van der Waals surface area (Å²) < 4.78 is 93.8. The number of nitrogens with two attached hydrogens (primary N) is 1. The van der Waals surface area contributed by atoms with Crippen LogP contribution in [-0.2, 0) is 124 Å². The minimum absolute atomic E-state index is 0.0840. The molecule has 9 atom stereocenters. The third kappa shape index (κ3) is 13.4. The third-order valence-corrected chi connectivity index (χ3v) is 19.3. The number of benzene rings is 6. The molecule has 22 nitrogen and oxygen atoms in total. The van der Waals surface area contributed by atoms with Gasteiger partial charge in [-0.3, -0.25) is 4.57 Å². The first kappa shape index (κ1) is 58.3. The number of phosphoric ester groups is 3. The van der Waals surface area contributed by atoms with E-state index in [9.17, 15) is 0 Å². The number of aromatic nitrogens is 4. The molecule has 0 aliphatic carbocycles. The Labute approximate surface area is 491 Å². The van der Waals surface area contributed by atoms with Crippen molar-refractivity contribution in [1.29, 1.82) is 0 Å². The van der Waals surface area contributed by atoms with E-state index >= 15 is 14.7 Å². The van der Waals surface area contributed by atoms with E-state index in [1.54, 1.807) is 4.57 Å². The molecule has 8 aromatic rings. The number of anilines is 1. The molecule has 85 heavy (non-hydrogen) atoms. The molecule has 0 unspecified atom stereocenters. The van der Waals surface area contributed by atoms with E-state index in [0.717, 1.165) is 33.4 Å². The van der Waals surface area contributed by atoms with E-state index in [2.05, 4.69) is 15.0 Å². The number of hydrogen-bond acceptors (Lipinski definition) is 21. The summed E-state index contributed by atoms with van der Waals surface area (Å²) in [4.78, 5) is 59.4. The molecule has 442 valence electrons. The summed E-state index contributed by atoms with van der Waals surface area (Å²) in [5.41, 5.74) is 13.6. The molecule has 0 spiro atoms. The highest BCUT2D eigenvalue weighted by molar-refractivity contribution is 7.54. The summed E-state index contributed by atoms with van der Waals surface area (Å²) in [6.07, 6.45) is -9.76. The van der Waals surface area contributed by atoms with Crippen LogP contribution in [0.15, 0.2) is 176 Å².